The fourth-order valence-corrected chi connectivity index (χ4v) is 2.88. The van der Waals surface area contributed by atoms with Crippen molar-refractivity contribution >= 4 is 5.97 Å². The Bertz CT molecular complexity index is 261. The predicted octanol–water partition coefficient (Wildman–Crippen LogP) is 1.35. The van der Waals surface area contributed by atoms with Crippen LogP contribution < -0.4 is 0 Å². The van der Waals surface area contributed by atoms with Gasteiger partial charge < -0.3 is 9.84 Å². The fraction of sp³-hybridized carbons (Fsp3) is 0.917. The van der Waals surface area contributed by atoms with Gasteiger partial charge in [0.25, 0.3) is 0 Å². The van der Waals surface area contributed by atoms with E-state index in [0.717, 1.165) is 45.4 Å². The molecule has 0 spiro atoms. The summed E-state index contributed by atoms with van der Waals surface area (Å²) in [5, 5.41) is 9.42. The van der Waals surface area contributed by atoms with Crippen LogP contribution in [0.25, 0.3) is 0 Å². The molecule has 1 atom stereocenters. The third-order valence-electron chi connectivity index (χ3n) is 4.03. The van der Waals surface area contributed by atoms with Gasteiger partial charge in [0.05, 0.1) is 18.6 Å². The summed E-state index contributed by atoms with van der Waals surface area (Å²) in [5.74, 6) is -0.608. The number of aliphatic carboxylic acids is 1. The van der Waals surface area contributed by atoms with Crippen LogP contribution in [0.4, 0.5) is 0 Å². The zero-order valence-corrected chi connectivity index (χ0v) is 9.95. The molecule has 2 aliphatic rings. The molecule has 0 bridgehead atoms. The van der Waals surface area contributed by atoms with Gasteiger partial charge in [0.15, 0.2) is 0 Å². The number of carboxylic acid groups (broad SMARTS) is 1. The number of carbonyl (C=O) groups is 1. The minimum absolute atomic E-state index is 0.352. The van der Waals surface area contributed by atoms with E-state index in [1.807, 2.05) is 0 Å². The molecule has 1 aliphatic heterocycles. The second kappa shape index (κ2) is 4.72. The Balaban J connectivity index is 2.02. The van der Waals surface area contributed by atoms with Crippen molar-refractivity contribution in [1.29, 1.82) is 0 Å². The summed E-state index contributed by atoms with van der Waals surface area (Å²) in [6, 6.07) is 0.352. The molecule has 0 aromatic heterocycles. The van der Waals surface area contributed by atoms with E-state index in [2.05, 4.69) is 11.8 Å². The molecule has 0 aromatic rings. The van der Waals surface area contributed by atoms with Crippen molar-refractivity contribution in [2.24, 2.45) is 5.41 Å². The maximum atomic E-state index is 11.4. The molecule has 4 heteroatoms. The summed E-state index contributed by atoms with van der Waals surface area (Å²) in [6.07, 6.45) is 3.80. The Labute approximate surface area is 96.6 Å². The summed E-state index contributed by atoms with van der Waals surface area (Å²) in [5.41, 5.74) is -0.481. The van der Waals surface area contributed by atoms with Crippen molar-refractivity contribution in [2.45, 2.75) is 38.6 Å². The van der Waals surface area contributed by atoms with Crippen molar-refractivity contribution in [3.05, 3.63) is 0 Å². The first-order chi connectivity index (χ1) is 7.64. The molecule has 4 nitrogen and oxygen atoms in total. The van der Waals surface area contributed by atoms with Crippen LogP contribution in [0.5, 0.6) is 0 Å². The number of carboxylic acids is 1. The standard InChI is InChI=1S/C12H21NO3/c1-10-8-16-7-6-13(10)9-12(11(14)15)4-2-3-5-12/h10H,2-9H2,1H3,(H,14,15). The van der Waals surface area contributed by atoms with Gasteiger partial charge in [-0.15, -0.1) is 0 Å². The third kappa shape index (κ3) is 2.23. The molecule has 2 rings (SSSR count). The maximum absolute atomic E-state index is 11.4. The number of hydrogen-bond donors (Lipinski definition) is 1. The maximum Gasteiger partial charge on any atom is 0.310 e. The lowest BCUT2D eigenvalue weighted by Gasteiger charge is -2.38. The Morgan fingerprint density at radius 2 is 2.19 bits per heavy atom. The number of ether oxygens (including phenoxy) is 1. The molecular formula is C12H21NO3. The number of nitrogens with zero attached hydrogens (tertiary/aromatic N) is 1. The first-order valence-electron chi connectivity index (χ1n) is 6.19. The van der Waals surface area contributed by atoms with Crippen LogP contribution in [0.2, 0.25) is 0 Å². The van der Waals surface area contributed by atoms with Crippen LogP contribution in [0.3, 0.4) is 0 Å². The van der Waals surface area contributed by atoms with Gasteiger partial charge in [-0.1, -0.05) is 12.8 Å². The van der Waals surface area contributed by atoms with E-state index in [9.17, 15) is 9.90 Å². The highest BCUT2D eigenvalue weighted by molar-refractivity contribution is 5.75. The van der Waals surface area contributed by atoms with Crippen LogP contribution >= 0.6 is 0 Å². The van der Waals surface area contributed by atoms with Crippen LogP contribution in [0.15, 0.2) is 0 Å². The number of rotatable bonds is 3. The third-order valence-corrected chi connectivity index (χ3v) is 4.03. The van der Waals surface area contributed by atoms with E-state index in [1.165, 1.54) is 0 Å². The van der Waals surface area contributed by atoms with Gasteiger partial charge in [0.1, 0.15) is 0 Å². The minimum Gasteiger partial charge on any atom is -0.481 e. The van der Waals surface area contributed by atoms with E-state index in [1.54, 1.807) is 0 Å². The molecule has 92 valence electrons. The van der Waals surface area contributed by atoms with Crippen LogP contribution in [0, 0.1) is 5.41 Å². The van der Waals surface area contributed by atoms with Crippen LogP contribution in [-0.4, -0.2) is 48.3 Å². The first kappa shape index (κ1) is 11.9. The van der Waals surface area contributed by atoms with Gasteiger partial charge in [-0.2, -0.15) is 0 Å². The topological polar surface area (TPSA) is 49.8 Å². The van der Waals surface area contributed by atoms with Gasteiger partial charge in [0, 0.05) is 19.1 Å². The molecule has 1 heterocycles. The smallest absolute Gasteiger partial charge is 0.310 e. The fourth-order valence-electron chi connectivity index (χ4n) is 2.88. The Kier molecular flexibility index (Phi) is 3.50. The zero-order chi connectivity index (χ0) is 11.6. The Morgan fingerprint density at radius 3 is 2.75 bits per heavy atom. The van der Waals surface area contributed by atoms with E-state index in [0.29, 0.717) is 12.6 Å². The second-order valence-electron chi connectivity index (χ2n) is 5.19. The average Bonchev–Trinajstić information content (AvgIpc) is 2.71. The molecule has 2 fully saturated rings. The van der Waals surface area contributed by atoms with E-state index in [-0.39, 0.29) is 0 Å². The van der Waals surface area contributed by atoms with E-state index >= 15 is 0 Å². The minimum atomic E-state index is -0.608. The lowest BCUT2D eigenvalue weighted by atomic mass is 9.85. The van der Waals surface area contributed by atoms with Crippen LogP contribution in [-0.2, 0) is 9.53 Å². The van der Waals surface area contributed by atoms with Crippen molar-refractivity contribution in [3.8, 4) is 0 Å². The summed E-state index contributed by atoms with van der Waals surface area (Å²) in [6.45, 7) is 5.16. The molecule has 1 N–H and O–H groups in total. The Morgan fingerprint density at radius 1 is 1.50 bits per heavy atom. The predicted molar refractivity (Wildman–Crippen MR) is 60.4 cm³/mol. The van der Waals surface area contributed by atoms with Gasteiger partial charge in [-0.05, 0) is 19.8 Å². The highest BCUT2D eigenvalue weighted by atomic mass is 16.5. The normalized spacial score (nSPS) is 30.4. The summed E-state index contributed by atoms with van der Waals surface area (Å²) in [7, 11) is 0. The van der Waals surface area contributed by atoms with Crippen molar-refractivity contribution in [2.75, 3.05) is 26.3 Å². The monoisotopic (exact) mass is 227 g/mol. The quantitative estimate of drug-likeness (QED) is 0.790. The number of hydrogen-bond acceptors (Lipinski definition) is 3. The highest BCUT2D eigenvalue weighted by Crippen LogP contribution is 2.39. The number of morpholine rings is 1. The van der Waals surface area contributed by atoms with Gasteiger partial charge in [-0.25, -0.2) is 0 Å². The molecule has 16 heavy (non-hydrogen) atoms. The molecule has 1 aliphatic carbocycles. The van der Waals surface area contributed by atoms with E-state index in [4.69, 9.17) is 4.74 Å². The molecule has 0 radical (unpaired) electrons. The molecule has 1 unspecified atom stereocenters. The van der Waals surface area contributed by atoms with Gasteiger partial charge in [-0.3, -0.25) is 9.69 Å². The zero-order valence-electron chi connectivity index (χ0n) is 9.95. The molecule has 0 aromatic carbocycles. The lowest BCUT2D eigenvalue weighted by Crippen LogP contribution is -2.50. The summed E-state index contributed by atoms with van der Waals surface area (Å²) in [4.78, 5) is 13.7. The highest BCUT2D eigenvalue weighted by Gasteiger charge is 2.43. The largest absolute Gasteiger partial charge is 0.481 e. The first-order valence-corrected chi connectivity index (χ1v) is 6.19. The second-order valence-corrected chi connectivity index (χ2v) is 5.19. The molecule has 1 saturated heterocycles. The van der Waals surface area contributed by atoms with Gasteiger partial charge in [0.2, 0.25) is 0 Å². The van der Waals surface area contributed by atoms with Crippen molar-refractivity contribution < 1.29 is 14.6 Å². The molecule has 0 amide bonds. The lowest BCUT2D eigenvalue weighted by molar-refractivity contribution is -0.151. The van der Waals surface area contributed by atoms with Crippen molar-refractivity contribution in [1.82, 2.24) is 4.90 Å². The summed E-state index contributed by atoms with van der Waals surface area (Å²) < 4.78 is 5.38. The summed E-state index contributed by atoms with van der Waals surface area (Å²) >= 11 is 0. The van der Waals surface area contributed by atoms with Crippen LogP contribution in [0.1, 0.15) is 32.6 Å². The van der Waals surface area contributed by atoms with Crippen molar-refractivity contribution in [3.63, 3.8) is 0 Å². The molecular weight excluding hydrogens is 206 g/mol. The SMILES string of the molecule is CC1COCCN1CC1(C(=O)O)CCCC1. The van der Waals surface area contributed by atoms with E-state index < -0.39 is 11.4 Å². The van der Waals surface area contributed by atoms with Gasteiger partial charge >= 0.3 is 5.97 Å². The Hall–Kier alpha value is -0.610. The average molecular weight is 227 g/mol. The molecule has 1 saturated carbocycles.